The summed E-state index contributed by atoms with van der Waals surface area (Å²) in [6.45, 7) is 10.8. The molecule has 1 heterocycles. The molecule has 2 aliphatic rings. The average molecular weight is 268 g/mol. The minimum absolute atomic E-state index is 0.144. The molecule has 110 valence electrons. The predicted octanol–water partition coefficient (Wildman–Crippen LogP) is 2.78. The molecule has 2 rings (SSSR count). The maximum absolute atomic E-state index is 12.0. The Hall–Kier alpha value is -0.770. The van der Waals surface area contributed by atoms with E-state index in [0.717, 1.165) is 26.1 Å². The largest absolute Gasteiger partial charge is 0.444 e. The molecule has 1 aliphatic carbocycles. The molecular formula is C15H28N2O2. The number of hydrogen-bond donors (Lipinski definition) is 1. The fraction of sp³-hybridized carbons (Fsp3) is 0.933. The molecule has 2 fully saturated rings. The van der Waals surface area contributed by atoms with Gasteiger partial charge in [0.1, 0.15) is 5.60 Å². The molecule has 0 radical (unpaired) electrons. The van der Waals surface area contributed by atoms with Crippen LogP contribution < -0.4 is 5.32 Å². The van der Waals surface area contributed by atoms with Crippen LogP contribution >= 0.6 is 0 Å². The van der Waals surface area contributed by atoms with E-state index in [9.17, 15) is 4.79 Å². The molecule has 0 aromatic heterocycles. The van der Waals surface area contributed by atoms with Crippen LogP contribution in [0.2, 0.25) is 0 Å². The van der Waals surface area contributed by atoms with E-state index in [0.29, 0.717) is 11.5 Å². The van der Waals surface area contributed by atoms with E-state index in [1.54, 1.807) is 0 Å². The summed E-state index contributed by atoms with van der Waals surface area (Å²) in [6.07, 6.45) is 4.61. The Morgan fingerprint density at radius 2 is 2.11 bits per heavy atom. The number of rotatable bonds is 3. The first-order chi connectivity index (χ1) is 8.84. The van der Waals surface area contributed by atoms with Crippen LogP contribution in [0.15, 0.2) is 0 Å². The zero-order valence-corrected chi connectivity index (χ0v) is 12.8. The van der Waals surface area contributed by atoms with Gasteiger partial charge in [0.05, 0.1) is 0 Å². The zero-order chi connectivity index (χ0) is 14.1. The summed E-state index contributed by atoms with van der Waals surface area (Å²) in [7, 11) is 0. The van der Waals surface area contributed by atoms with Crippen molar-refractivity contribution in [1.29, 1.82) is 0 Å². The summed E-state index contributed by atoms with van der Waals surface area (Å²) in [5.41, 5.74) is -0.0139. The Labute approximate surface area is 116 Å². The van der Waals surface area contributed by atoms with E-state index in [-0.39, 0.29) is 6.09 Å². The van der Waals surface area contributed by atoms with Gasteiger partial charge in [-0.15, -0.1) is 0 Å². The highest BCUT2D eigenvalue weighted by Gasteiger charge is 2.49. The molecule has 4 nitrogen and oxygen atoms in total. The number of likely N-dealkylation sites (tertiary alicyclic amines) is 1. The summed E-state index contributed by atoms with van der Waals surface area (Å²) in [5, 5.41) is 3.57. The minimum Gasteiger partial charge on any atom is -0.444 e. The average Bonchev–Trinajstić information content (AvgIpc) is 2.67. The third-order valence-electron chi connectivity index (χ3n) is 4.13. The smallest absolute Gasteiger partial charge is 0.410 e. The second kappa shape index (κ2) is 5.31. The summed E-state index contributed by atoms with van der Waals surface area (Å²) in [4.78, 5) is 13.9. The molecule has 0 aromatic rings. The maximum atomic E-state index is 12.0. The lowest BCUT2D eigenvalue weighted by Crippen LogP contribution is -2.50. The van der Waals surface area contributed by atoms with Gasteiger partial charge < -0.3 is 15.0 Å². The Kier molecular flexibility index (Phi) is 4.09. The number of amides is 1. The molecule has 0 bridgehead atoms. The van der Waals surface area contributed by atoms with Gasteiger partial charge in [0.25, 0.3) is 0 Å². The minimum atomic E-state index is -0.391. The number of nitrogens with one attached hydrogen (secondary N) is 1. The summed E-state index contributed by atoms with van der Waals surface area (Å²) >= 11 is 0. The SMILES string of the molecule is CCCNC1CC2(CCN(C(=O)OC(C)(C)C)C2)C1. The van der Waals surface area contributed by atoms with Gasteiger partial charge >= 0.3 is 6.09 Å². The fourth-order valence-corrected chi connectivity index (χ4v) is 3.23. The number of carbonyl (C=O) groups excluding carboxylic acids is 1. The van der Waals surface area contributed by atoms with Crippen molar-refractivity contribution >= 4 is 6.09 Å². The van der Waals surface area contributed by atoms with Gasteiger partial charge in [0.15, 0.2) is 0 Å². The van der Waals surface area contributed by atoms with E-state index in [4.69, 9.17) is 4.74 Å². The molecule has 4 heteroatoms. The predicted molar refractivity (Wildman–Crippen MR) is 76.2 cm³/mol. The number of ether oxygens (including phenoxy) is 1. The Morgan fingerprint density at radius 1 is 1.42 bits per heavy atom. The molecule has 1 N–H and O–H groups in total. The van der Waals surface area contributed by atoms with Crippen LogP contribution in [0.4, 0.5) is 4.79 Å². The number of carbonyl (C=O) groups is 1. The zero-order valence-electron chi connectivity index (χ0n) is 12.8. The normalized spacial score (nSPS) is 30.5. The van der Waals surface area contributed by atoms with Gasteiger partial charge in [-0.1, -0.05) is 6.92 Å². The molecule has 0 aromatic carbocycles. The molecule has 19 heavy (non-hydrogen) atoms. The quantitative estimate of drug-likeness (QED) is 0.855. The van der Waals surface area contributed by atoms with E-state index >= 15 is 0 Å². The van der Waals surface area contributed by atoms with Crippen LogP contribution in [0.1, 0.15) is 53.4 Å². The molecule has 1 amide bonds. The lowest BCUT2D eigenvalue weighted by molar-refractivity contribution is 0.0218. The third kappa shape index (κ3) is 3.62. The lowest BCUT2D eigenvalue weighted by atomic mass is 9.65. The van der Waals surface area contributed by atoms with Gasteiger partial charge in [-0.05, 0) is 58.4 Å². The molecule has 1 saturated heterocycles. The van der Waals surface area contributed by atoms with Crippen LogP contribution in [0.3, 0.4) is 0 Å². The molecule has 1 aliphatic heterocycles. The van der Waals surface area contributed by atoms with Crippen LogP contribution in [-0.2, 0) is 4.74 Å². The summed E-state index contributed by atoms with van der Waals surface area (Å²) < 4.78 is 5.45. The van der Waals surface area contributed by atoms with Gasteiger partial charge in [-0.2, -0.15) is 0 Å². The lowest BCUT2D eigenvalue weighted by Gasteiger charge is -2.45. The standard InChI is InChI=1S/C15H28N2O2/c1-5-7-16-12-9-15(10-12)6-8-17(11-15)13(18)19-14(2,3)4/h12,16H,5-11H2,1-4H3. The van der Waals surface area contributed by atoms with Gasteiger partial charge in [-0.3, -0.25) is 0 Å². The number of hydrogen-bond acceptors (Lipinski definition) is 3. The monoisotopic (exact) mass is 268 g/mol. The third-order valence-corrected chi connectivity index (χ3v) is 4.13. The Bertz CT molecular complexity index is 330. The molecule has 0 atom stereocenters. The fourth-order valence-electron chi connectivity index (χ4n) is 3.23. The van der Waals surface area contributed by atoms with Gasteiger partial charge in [-0.25, -0.2) is 4.79 Å². The number of nitrogens with zero attached hydrogens (tertiary/aromatic N) is 1. The Balaban J connectivity index is 1.77. The Morgan fingerprint density at radius 3 is 2.68 bits per heavy atom. The van der Waals surface area contributed by atoms with E-state index < -0.39 is 5.60 Å². The van der Waals surface area contributed by atoms with Crippen LogP contribution in [-0.4, -0.2) is 42.3 Å². The van der Waals surface area contributed by atoms with E-state index in [2.05, 4.69) is 12.2 Å². The summed E-state index contributed by atoms with van der Waals surface area (Å²) in [5.74, 6) is 0. The second-order valence-electron chi connectivity index (χ2n) is 7.21. The van der Waals surface area contributed by atoms with Crippen LogP contribution in [0.25, 0.3) is 0 Å². The van der Waals surface area contributed by atoms with Gasteiger partial charge in [0, 0.05) is 19.1 Å². The first kappa shape index (κ1) is 14.6. The van der Waals surface area contributed by atoms with Crippen molar-refractivity contribution < 1.29 is 9.53 Å². The summed E-state index contributed by atoms with van der Waals surface area (Å²) in [6, 6.07) is 0.665. The van der Waals surface area contributed by atoms with Crippen molar-refractivity contribution in [2.45, 2.75) is 65.0 Å². The van der Waals surface area contributed by atoms with Crippen molar-refractivity contribution in [2.75, 3.05) is 19.6 Å². The maximum Gasteiger partial charge on any atom is 0.410 e. The molecule has 1 saturated carbocycles. The van der Waals surface area contributed by atoms with E-state index in [1.165, 1.54) is 19.3 Å². The molecular weight excluding hydrogens is 240 g/mol. The topological polar surface area (TPSA) is 41.6 Å². The first-order valence-electron chi connectivity index (χ1n) is 7.55. The molecule has 0 unspecified atom stereocenters. The molecule has 1 spiro atoms. The van der Waals surface area contributed by atoms with Crippen LogP contribution in [0, 0.1) is 5.41 Å². The second-order valence-corrected chi connectivity index (χ2v) is 7.21. The van der Waals surface area contributed by atoms with Gasteiger partial charge in [0.2, 0.25) is 0 Å². The highest BCUT2D eigenvalue weighted by Crippen LogP contribution is 2.48. The van der Waals surface area contributed by atoms with E-state index in [1.807, 2.05) is 25.7 Å². The van der Waals surface area contributed by atoms with Crippen molar-refractivity contribution in [3.05, 3.63) is 0 Å². The van der Waals surface area contributed by atoms with Crippen molar-refractivity contribution in [2.24, 2.45) is 5.41 Å². The van der Waals surface area contributed by atoms with Crippen molar-refractivity contribution in [3.63, 3.8) is 0 Å². The highest BCUT2D eigenvalue weighted by atomic mass is 16.6. The first-order valence-corrected chi connectivity index (χ1v) is 7.55. The highest BCUT2D eigenvalue weighted by molar-refractivity contribution is 5.68. The van der Waals surface area contributed by atoms with Crippen molar-refractivity contribution in [3.8, 4) is 0 Å². The van der Waals surface area contributed by atoms with Crippen LogP contribution in [0.5, 0.6) is 0 Å². The van der Waals surface area contributed by atoms with Crippen molar-refractivity contribution in [1.82, 2.24) is 10.2 Å².